The van der Waals surface area contributed by atoms with Gasteiger partial charge in [-0.3, -0.25) is 9.59 Å². The van der Waals surface area contributed by atoms with Gasteiger partial charge in [0.15, 0.2) is 6.10 Å². The molecule has 0 unspecified atom stereocenters. The largest absolute Gasteiger partial charge is 0.356 e. The third kappa shape index (κ3) is 3.31. The lowest BCUT2D eigenvalue weighted by Crippen LogP contribution is -2.55. The van der Waals surface area contributed by atoms with Gasteiger partial charge in [-0.2, -0.15) is 0 Å². The highest BCUT2D eigenvalue weighted by Crippen LogP contribution is 2.31. The van der Waals surface area contributed by atoms with Crippen LogP contribution in [0, 0.1) is 11.8 Å². The molecule has 0 saturated carbocycles. The van der Waals surface area contributed by atoms with E-state index in [9.17, 15) is 9.59 Å². The van der Waals surface area contributed by atoms with E-state index in [1.165, 1.54) is 0 Å². The number of rotatable bonds is 2. The molecule has 130 valence electrons. The molecule has 0 radical (unpaired) electrons. The second-order valence-electron chi connectivity index (χ2n) is 7.28. The van der Waals surface area contributed by atoms with E-state index in [1.54, 1.807) is 11.9 Å². The lowest BCUT2D eigenvalue weighted by molar-refractivity contribution is -0.168. The number of likely N-dealkylation sites (N-methyl/N-ethyl adjacent to an activating group) is 1. The highest BCUT2D eigenvalue weighted by molar-refractivity contribution is 5.86. The maximum atomic E-state index is 13.1. The summed E-state index contributed by atoms with van der Waals surface area (Å²) in [6, 6.07) is 9.31. The second kappa shape index (κ2) is 6.93. The van der Waals surface area contributed by atoms with Crippen LogP contribution in [0.3, 0.4) is 0 Å². The Kier molecular flexibility index (Phi) is 4.90. The molecule has 0 spiro atoms. The Morgan fingerprint density at radius 1 is 1.12 bits per heavy atom. The fraction of sp³-hybridized carbons (Fsp3) is 0.579. The van der Waals surface area contributed by atoms with Crippen molar-refractivity contribution in [1.29, 1.82) is 0 Å². The first kappa shape index (κ1) is 17.0. The Bertz CT molecular complexity index is 594. The number of carbonyl (C=O) groups excluding carboxylic acids is 2. The van der Waals surface area contributed by atoms with Crippen LogP contribution >= 0.6 is 0 Å². The van der Waals surface area contributed by atoms with Gasteiger partial charge in [0.2, 0.25) is 5.91 Å². The molecule has 0 aromatic heterocycles. The van der Waals surface area contributed by atoms with Crippen molar-refractivity contribution >= 4 is 11.8 Å². The standard InChI is InChI=1S/C19H26N2O3/c1-13-9-14(2)11-21(10-13)19(23)18-17(15-7-5-4-6-8-15)20(3)16(22)12-24-18/h4-8,13-14,17-18H,9-12H2,1-3H3/t13-,14+,17-,18-/m0/s1. The monoisotopic (exact) mass is 330 g/mol. The third-order valence-electron chi connectivity index (χ3n) is 5.05. The van der Waals surface area contributed by atoms with Gasteiger partial charge in [0.1, 0.15) is 6.61 Å². The number of benzene rings is 1. The number of hydrogen-bond acceptors (Lipinski definition) is 3. The van der Waals surface area contributed by atoms with Gasteiger partial charge in [-0.15, -0.1) is 0 Å². The zero-order valence-corrected chi connectivity index (χ0v) is 14.6. The molecule has 4 atom stereocenters. The molecule has 24 heavy (non-hydrogen) atoms. The predicted molar refractivity (Wildman–Crippen MR) is 91.2 cm³/mol. The van der Waals surface area contributed by atoms with E-state index in [4.69, 9.17) is 4.74 Å². The maximum absolute atomic E-state index is 13.1. The van der Waals surface area contributed by atoms with Gasteiger partial charge in [0, 0.05) is 20.1 Å². The fourth-order valence-corrected chi connectivity index (χ4v) is 3.99. The van der Waals surface area contributed by atoms with Crippen LogP contribution in [0.15, 0.2) is 30.3 Å². The van der Waals surface area contributed by atoms with Crippen molar-refractivity contribution in [2.45, 2.75) is 32.4 Å². The van der Waals surface area contributed by atoms with Crippen molar-refractivity contribution in [1.82, 2.24) is 9.80 Å². The van der Waals surface area contributed by atoms with E-state index in [2.05, 4.69) is 13.8 Å². The number of piperidine rings is 1. The quantitative estimate of drug-likeness (QED) is 0.834. The number of hydrogen-bond donors (Lipinski definition) is 0. The fourth-order valence-electron chi connectivity index (χ4n) is 3.99. The number of amides is 2. The minimum atomic E-state index is -0.632. The zero-order chi connectivity index (χ0) is 17.3. The molecule has 3 rings (SSSR count). The first-order valence-electron chi connectivity index (χ1n) is 8.68. The number of ether oxygens (including phenoxy) is 1. The van der Waals surface area contributed by atoms with Gasteiger partial charge >= 0.3 is 0 Å². The van der Waals surface area contributed by atoms with E-state index >= 15 is 0 Å². The highest BCUT2D eigenvalue weighted by Gasteiger charge is 2.42. The molecule has 1 aromatic rings. The molecule has 2 amide bonds. The zero-order valence-electron chi connectivity index (χ0n) is 14.6. The highest BCUT2D eigenvalue weighted by atomic mass is 16.5. The minimum Gasteiger partial charge on any atom is -0.356 e. The molecule has 2 fully saturated rings. The normalized spacial score (nSPS) is 31.2. The lowest BCUT2D eigenvalue weighted by atomic mass is 9.90. The van der Waals surface area contributed by atoms with Gasteiger partial charge in [0.05, 0.1) is 6.04 Å². The summed E-state index contributed by atoms with van der Waals surface area (Å²) in [5.74, 6) is 0.904. The molecular formula is C19H26N2O3. The molecule has 1 aromatic carbocycles. The Labute approximate surface area is 143 Å². The van der Waals surface area contributed by atoms with Crippen molar-refractivity contribution in [3.8, 4) is 0 Å². The van der Waals surface area contributed by atoms with E-state index in [-0.39, 0.29) is 24.5 Å². The molecular weight excluding hydrogens is 304 g/mol. The summed E-state index contributed by atoms with van der Waals surface area (Å²) in [7, 11) is 1.75. The van der Waals surface area contributed by atoms with Gasteiger partial charge in [0.25, 0.3) is 5.91 Å². The second-order valence-corrected chi connectivity index (χ2v) is 7.28. The van der Waals surface area contributed by atoms with Crippen molar-refractivity contribution in [2.75, 3.05) is 26.7 Å². The van der Waals surface area contributed by atoms with Crippen LogP contribution in [-0.4, -0.2) is 54.5 Å². The first-order chi connectivity index (χ1) is 11.5. The molecule has 5 nitrogen and oxygen atoms in total. The number of likely N-dealkylation sites (tertiary alicyclic amines) is 1. The average Bonchev–Trinajstić information content (AvgIpc) is 2.56. The Balaban J connectivity index is 1.86. The van der Waals surface area contributed by atoms with Gasteiger partial charge < -0.3 is 14.5 Å². The van der Waals surface area contributed by atoms with Crippen LogP contribution in [0.25, 0.3) is 0 Å². The van der Waals surface area contributed by atoms with E-state index < -0.39 is 6.10 Å². The van der Waals surface area contributed by atoms with Gasteiger partial charge in [-0.25, -0.2) is 0 Å². The van der Waals surface area contributed by atoms with Gasteiger partial charge in [-0.1, -0.05) is 44.2 Å². The summed E-state index contributed by atoms with van der Waals surface area (Å²) in [5, 5.41) is 0. The number of nitrogens with zero attached hydrogens (tertiary/aromatic N) is 2. The number of morpholine rings is 1. The van der Waals surface area contributed by atoms with E-state index in [1.807, 2.05) is 35.2 Å². The van der Waals surface area contributed by atoms with Gasteiger partial charge in [-0.05, 0) is 23.8 Å². The van der Waals surface area contributed by atoms with Crippen LogP contribution in [0.2, 0.25) is 0 Å². The summed E-state index contributed by atoms with van der Waals surface area (Å²) in [6.07, 6.45) is 0.517. The van der Waals surface area contributed by atoms with Crippen LogP contribution in [-0.2, 0) is 14.3 Å². The van der Waals surface area contributed by atoms with Crippen molar-refractivity contribution < 1.29 is 14.3 Å². The summed E-state index contributed by atoms with van der Waals surface area (Å²) >= 11 is 0. The summed E-state index contributed by atoms with van der Waals surface area (Å²) in [4.78, 5) is 28.8. The van der Waals surface area contributed by atoms with Crippen LogP contribution in [0.1, 0.15) is 31.9 Å². The van der Waals surface area contributed by atoms with Crippen LogP contribution in [0.5, 0.6) is 0 Å². The minimum absolute atomic E-state index is 0.00148. The molecule has 0 bridgehead atoms. The van der Waals surface area contributed by atoms with Crippen LogP contribution in [0.4, 0.5) is 0 Å². The smallest absolute Gasteiger partial charge is 0.254 e. The summed E-state index contributed by atoms with van der Waals surface area (Å²) < 4.78 is 5.73. The predicted octanol–water partition coefficient (Wildman–Crippen LogP) is 2.09. The Morgan fingerprint density at radius 3 is 2.38 bits per heavy atom. The molecule has 2 saturated heterocycles. The number of carbonyl (C=O) groups is 2. The van der Waals surface area contributed by atoms with Crippen molar-refractivity contribution in [3.63, 3.8) is 0 Å². The molecule has 2 aliphatic rings. The summed E-state index contributed by atoms with van der Waals surface area (Å²) in [5.41, 5.74) is 0.935. The molecule has 0 aliphatic carbocycles. The lowest BCUT2D eigenvalue weighted by Gasteiger charge is -2.42. The SMILES string of the molecule is C[C@@H]1C[C@H](C)CN(C(=O)[C@H]2OCC(=O)N(C)[C@H]2c2ccccc2)C1. The molecule has 2 heterocycles. The Hall–Kier alpha value is -1.88. The third-order valence-corrected chi connectivity index (χ3v) is 5.05. The summed E-state index contributed by atoms with van der Waals surface area (Å²) in [6.45, 7) is 5.86. The van der Waals surface area contributed by atoms with Crippen molar-refractivity contribution in [3.05, 3.63) is 35.9 Å². The van der Waals surface area contributed by atoms with E-state index in [0.29, 0.717) is 11.8 Å². The maximum Gasteiger partial charge on any atom is 0.254 e. The van der Waals surface area contributed by atoms with Crippen molar-refractivity contribution in [2.24, 2.45) is 11.8 Å². The Morgan fingerprint density at radius 2 is 1.75 bits per heavy atom. The average molecular weight is 330 g/mol. The van der Waals surface area contributed by atoms with Crippen LogP contribution < -0.4 is 0 Å². The van der Waals surface area contributed by atoms with E-state index in [0.717, 1.165) is 25.1 Å². The molecule has 2 aliphatic heterocycles. The topological polar surface area (TPSA) is 49.9 Å². The molecule has 5 heteroatoms. The first-order valence-corrected chi connectivity index (χ1v) is 8.68. The molecule has 0 N–H and O–H groups in total.